The molecule has 2 saturated heterocycles. The van der Waals surface area contributed by atoms with E-state index in [2.05, 4.69) is 0 Å². The first-order valence-corrected chi connectivity index (χ1v) is 5.86. The molecular weight excluding hydrogens is 188 g/mol. The first-order valence-electron chi connectivity index (χ1n) is 4.71. The Kier molecular flexibility index (Phi) is 2.51. The number of hydrogen-bond donors (Lipinski definition) is 0. The van der Waals surface area contributed by atoms with Gasteiger partial charge in [0.2, 0.25) is 0 Å². The van der Waals surface area contributed by atoms with E-state index in [0.29, 0.717) is 6.61 Å². The molecular formula is C9H14O3S. The van der Waals surface area contributed by atoms with Gasteiger partial charge in [-0.25, -0.2) is 4.79 Å². The van der Waals surface area contributed by atoms with Gasteiger partial charge >= 0.3 is 5.97 Å². The highest BCUT2D eigenvalue weighted by Gasteiger charge is 2.61. The molecule has 0 aromatic carbocycles. The Labute approximate surface area is 82.2 Å². The number of thioether (sulfide) groups is 1. The average molecular weight is 202 g/mol. The average Bonchev–Trinajstić information content (AvgIpc) is 2.81. The molecule has 2 rings (SSSR count). The summed E-state index contributed by atoms with van der Waals surface area (Å²) in [6.07, 6.45) is 1.75. The summed E-state index contributed by atoms with van der Waals surface area (Å²) in [5.41, 5.74) is -0.127. The maximum absolute atomic E-state index is 11.3. The molecule has 13 heavy (non-hydrogen) atoms. The van der Waals surface area contributed by atoms with E-state index < -0.39 is 0 Å². The quantitative estimate of drug-likeness (QED) is 0.498. The van der Waals surface area contributed by atoms with Gasteiger partial charge in [-0.05, 0) is 31.3 Å². The van der Waals surface area contributed by atoms with E-state index in [4.69, 9.17) is 9.47 Å². The molecule has 0 radical (unpaired) electrons. The zero-order chi connectivity index (χ0) is 9.31. The molecule has 0 bridgehead atoms. The van der Waals surface area contributed by atoms with Gasteiger partial charge in [-0.3, -0.25) is 0 Å². The monoisotopic (exact) mass is 202 g/mol. The molecule has 0 N–H and O–H groups in total. The third kappa shape index (κ3) is 1.70. The second-order valence-electron chi connectivity index (χ2n) is 3.43. The molecule has 1 spiro atoms. The van der Waals surface area contributed by atoms with E-state index in [1.54, 1.807) is 0 Å². The van der Waals surface area contributed by atoms with Crippen LogP contribution in [-0.4, -0.2) is 35.8 Å². The fourth-order valence-electron chi connectivity index (χ4n) is 1.78. The van der Waals surface area contributed by atoms with Crippen molar-refractivity contribution in [2.45, 2.75) is 31.5 Å². The van der Waals surface area contributed by atoms with Crippen LogP contribution in [0.25, 0.3) is 0 Å². The molecule has 4 heteroatoms. The minimum atomic E-state index is -0.256. The van der Waals surface area contributed by atoms with Crippen LogP contribution in [0, 0.1) is 0 Å². The lowest BCUT2D eigenvalue weighted by Crippen LogP contribution is -2.26. The van der Waals surface area contributed by atoms with Crippen LogP contribution in [0.15, 0.2) is 0 Å². The van der Waals surface area contributed by atoms with Gasteiger partial charge in [0.05, 0.1) is 6.61 Å². The molecule has 74 valence electrons. The minimum Gasteiger partial charge on any atom is -0.464 e. The van der Waals surface area contributed by atoms with Crippen LogP contribution in [0.2, 0.25) is 0 Å². The molecule has 1 atom stereocenters. The van der Waals surface area contributed by atoms with E-state index in [1.165, 1.54) is 0 Å². The van der Waals surface area contributed by atoms with Gasteiger partial charge < -0.3 is 9.47 Å². The number of rotatable bonds is 2. The molecule has 1 unspecified atom stereocenters. The van der Waals surface area contributed by atoms with E-state index in [1.807, 2.05) is 18.7 Å². The van der Waals surface area contributed by atoms with Gasteiger partial charge in [0.15, 0.2) is 6.10 Å². The predicted molar refractivity (Wildman–Crippen MR) is 50.8 cm³/mol. The molecule has 2 aliphatic rings. The molecule has 0 aromatic rings. The molecule has 0 saturated carbocycles. The van der Waals surface area contributed by atoms with Crippen LogP contribution in [0.4, 0.5) is 0 Å². The summed E-state index contributed by atoms with van der Waals surface area (Å²) in [5.74, 6) is 2.04. The van der Waals surface area contributed by atoms with Crippen LogP contribution in [0.1, 0.15) is 19.8 Å². The van der Waals surface area contributed by atoms with Crippen LogP contribution < -0.4 is 0 Å². The van der Waals surface area contributed by atoms with E-state index in [0.717, 1.165) is 24.3 Å². The Morgan fingerprint density at radius 2 is 2.31 bits per heavy atom. The molecule has 2 heterocycles. The van der Waals surface area contributed by atoms with Crippen LogP contribution in [0.3, 0.4) is 0 Å². The SMILES string of the molecule is CCOC(=O)C1OC12CCSCC2. The molecule has 2 aliphatic heterocycles. The van der Waals surface area contributed by atoms with Gasteiger partial charge in [0, 0.05) is 0 Å². The van der Waals surface area contributed by atoms with Gasteiger partial charge in [-0.15, -0.1) is 0 Å². The maximum atomic E-state index is 11.3. The van der Waals surface area contributed by atoms with E-state index >= 15 is 0 Å². The van der Waals surface area contributed by atoms with Crippen molar-refractivity contribution in [1.82, 2.24) is 0 Å². The molecule has 3 nitrogen and oxygen atoms in total. The zero-order valence-corrected chi connectivity index (χ0v) is 8.56. The summed E-state index contributed by atoms with van der Waals surface area (Å²) < 4.78 is 10.4. The Morgan fingerprint density at radius 1 is 1.62 bits per heavy atom. The maximum Gasteiger partial charge on any atom is 0.338 e. The van der Waals surface area contributed by atoms with Gasteiger partial charge in [-0.1, -0.05) is 0 Å². The number of ether oxygens (including phenoxy) is 2. The summed E-state index contributed by atoms with van der Waals surface area (Å²) in [7, 11) is 0. The highest BCUT2D eigenvalue weighted by molar-refractivity contribution is 7.99. The molecule has 2 fully saturated rings. The summed E-state index contributed by atoms with van der Waals surface area (Å²) in [6, 6.07) is 0. The number of hydrogen-bond acceptors (Lipinski definition) is 4. The normalized spacial score (nSPS) is 30.1. The van der Waals surface area contributed by atoms with Crippen molar-refractivity contribution in [2.75, 3.05) is 18.1 Å². The predicted octanol–water partition coefficient (Wildman–Crippen LogP) is 1.21. The first kappa shape index (κ1) is 9.34. The van der Waals surface area contributed by atoms with Crippen molar-refractivity contribution >= 4 is 17.7 Å². The van der Waals surface area contributed by atoms with Crippen LogP contribution in [0.5, 0.6) is 0 Å². The Morgan fingerprint density at radius 3 is 2.92 bits per heavy atom. The highest BCUT2D eigenvalue weighted by Crippen LogP contribution is 2.47. The lowest BCUT2D eigenvalue weighted by Gasteiger charge is -2.17. The second kappa shape index (κ2) is 3.50. The summed E-state index contributed by atoms with van der Waals surface area (Å²) in [5, 5.41) is 0. The Hall–Kier alpha value is -0.220. The van der Waals surface area contributed by atoms with Gasteiger partial charge in [-0.2, -0.15) is 11.8 Å². The smallest absolute Gasteiger partial charge is 0.338 e. The second-order valence-corrected chi connectivity index (χ2v) is 4.65. The third-order valence-corrected chi connectivity index (χ3v) is 3.60. The van der Waals surface area contributed by atoms with Crippen molar-refractivity contribution in [3.8, 4) is 0 Å². The Bertz CT molecular complexity index is 211. The summed E-state index contributed by atoms with van der Waals surface area (Å²) in [4.78, 5) is 11.3. The van der Waals surface area contributed by atoms with Crippen molar-refractivity contribution in [1.29, 1.82) is 0 Å². The summed E-state index contributed by atoms with van der Waals surface area (Å²) in [6.45, 7) is 2.27. The topological polar surface area (TPSA) is 38.8 Å². The number of carbonyl (C=O) groups excluding carboxylic acids is 1. The van der Waals surface area contributed by atoms with Gasteiger partial charge in [0.25, 0.3) is 0 Å². The largest absolute Gasteiger partial charge is 0.464 e. The van der Waals surface area contributed by atoms with Crippen molar-refractivity contribution in [3.05, 3.63) is 0 Å². The van der Waals surface area contributed by atoms with Crippen molar-refractivity contribution in [3.63, 3.8) is 0 Å². The molecule has 0 aromatic heterocycles. The van der Waals surface area contributed by atoms with Crippen molar-refractivity contribution in [2.24, 2.45) is 0 Å². The lowest BCUT2D eigenvalue weighted by atomic mass is 9.98. The Balaban J connectivity index is 1.88. The summed E-state index contributed by atoms with van der Waals surface area (Å²) >= 11 is 1.93. The highest BCUT2D eigenvalue weighted by atomic mass is 32.2. The standard InChI is InChI=1S/C9H14O3S/c1-2-11-8(10)7-9(12-7)3-5-13-6-4-9/h7H,2-6H2,1H3. The van der Waals surface area contributed by atoms with E-state index in [9.17, 15) is 4.79 Å². The van der Waals surface area contributed by atoms with Crippen LogP contribution >= 0.6 is 11.8 Å². The van der Waals surface area contributed by atoms with Crippen molar-refractivity contribution < 1.29 is 14.3 Å². The lowest BCUT2D eigenvalue weighted by molar-refractivity contribution is -0.144. The minimum absolute atomic E-state index is 0.127. The third-order valence-electron chi connectivity index (χ3n) is 2.61. The number of esters is 1. The van der Waals surface area contributed by atoms with Gasteiger partial charge in [0.1, 0.15) is 5.60 Å². The van der Waals surface area contributed by atoms with Crippen LogP contribution in [-0.2, 0) is 14.3 Å². The number of carbonyl (C=O) groups is 1. The fourth-order valence-corrected chi connectivity index (χ4v) is 2.96. The number of epoxide rings is 1. The molecule has 0 aliphatic carbocycles. The molecule has 0 amide bonds. The first-order chi connectivity index (χ1) is 6.28. The fraction of sp³-hybridized carbons (Fsp3) is 0.889. The zero-order valence-electron chi connectivity index (χ0n) is 7.75. The van der Waals surface area contributed by atoms with E-state index in [-0.39, 0.29) is 17.7 Å².